The van der Waals surface area contributed by atoms with Gasteiger partial charge in [-0.25, -0.2) is 0 Å². The average molecular weight is 1170 g/mol. The first-order chi connectivity index (χ1) is 39.9. The monoisotopic (exact) mass is 1170 g/mol. The summed E-state index contributed by atoms with van der Waals surface area (Å²) < 4.78 is 30.4. The number of allylic oxidation sites excluding steroid dienone is 9. The van der Waals surface area contributed by atoms with Crippen molar-refractivity contribution in [3.8, 4) is 0 Å². The highest BCUT2D eigenvalue weighted by atomic mass is 31.2. The number of phosphoric acid groups is 1. The molecule has 0 radical (unpaired) electrons. The van der Waals surface area contributed by atoms with Crippen molar-refractivity contribution >= 4 is 19.7 Å². The van der Waals surface area contributed by atoms with E-state index in [-0.39, 0.29) is 31.5 Å². The average Bonchev–Trinajstić information content (AvgIpc) is 3.47. The summed E-state index contributed by atoms with van der Waals surface area (Å²) in [4.78, 5) is 40.1. The molecule has 0 aliphatic rings. The first kappa shape index (κ1) is 79.7. The lowest BCUT2D eigenvalue weighted by Gasteiger charge is -2.30. The molecule has 0 aromatic heterocycles. The third-order valence-corrected chi connectivity index (χ3v) is 16.6. The predicted octanol–water partition coefficient (Wildman–Crippen LogP) is 21.5. The summed E-state index contributed by atoms with van der Waals surface area (Å²) in [6.07, 6.45) is 79.1. The second-order valence-corrected chi connectivity index (χ2v) is 26.4. The molecule has 0 fully saturated rings. The number of nitrogens with one attached hydrogen (secondary N) is 1. The van der Waals surface area contributed by atoms with Crippen LogP contribution in [0.2, 0.25) is 0 Å². The molecule has 82 heavy (non-hydrogen) atoms. The van der Waals surface area contributed by atoms with Gasteiger partial charge in [-0.3, -0.25) is 14.2 Å². The van der Waals surface area contributed by atoms with E-state index >= 15 is 0 Å². The van der Waals surface area contributed by atoms with Crippen molar-refractivity contribution in [3.63, 3.8) is 0 Å². The number of rotatable bonds is 64. The van der Waals surface area contributed by atoms with Gasteiger partial charge >= 0.3 is 5.97 Å². The van der Waals surface area contributed by atoms with Gasteiger partial charge in [0.05, 0.1) is 33.8 Å². The maximum atomic E-state index is 13.6. The molecule has 0 saturated carbocycles. The fourth-order valence-corrected chi connectivity index (χ4v) is 11.0. The number of quaternary nitrogens is 1. The van der Waals surface area contributed by atoms with Crippen molar-refractivity contribution in [2.24, 2.45) is 0 Å². The Hall–Kier alpha value is -2.29. The Kier molecular flexibility index (Phi) is 60.1. The van der Waals surface area contributed by atoms with E-state index in [2.05, 4.69) is 74.7 Å². The molecular weight excluding hydrogens is 1040 g/mol. The summed E-state index contributed by atoms with van der Waals surface area (Å²) in [5, 5.41) is 3.04. The molecule has 1 amide bonds. The first-order valence-electron chi connectivity index (χ1n) is 35.1. The van der Waals surface area contributed by atoms with Gasteiger partial charge in [0.2, 0.25) is 5.91 Å². The van der Waals surface area contributed by atoms with E-state index in [9.17, 15) is 19.0 Å². The van der Waals surface area contributed by atoms with Crippen LogP contribution in [-0.2, 0) is 27.9 Å². The number of phosphoric ester groups is 1. The third-order valence-electron chi connectivity index (χ3n) is 15.7. The van der Waals surface area contributed by atoms with Crippen molar-refractivity contribution in [2.75, 3.05) is 40.9 Å². The van der Waals surface area contributed by atoms with Crippen LogP contribution in [0.15, 0.2) is 60.8 Å². The molecule has 1 N–H and O–H groups in total. The zero-order chi connectivity index (χ0) is 60.0. The molecule has 480 valence electrons. The Morgan fingerprint density at radius 2 is 0.744 bits per heavy atom. The molecule has 9 nitrogen and oxygen atoms in total. The summed E-state index contributed by atoms with van der Waals surface area (Å²) in [6.45, 7) is 6.82. The first-order valence-corrected chi connectivity index (χ1v) is 36.6. The Bertz CT molecular complexity index is 1590. The van der Waals surface area contributed by atoms with Crippen molar-refractivity contribution in [3.05, 3.63) is 60.8 Å². The lowest BCUT2D eigenvalue weighted by molar-refractivity contribution is -0.870. The fraction of sp³-hybridized carbons (Fsp3) is 0.833. The number of hydrogen-bond acceptors (Lipinski definition) is 7. The molecule has 0 saturated heterocycles. The van der Waals surface area contributed by atoms with E-state index in [0.29, 0.717) is 17.4 Å². The maximum Gasteiger partial charge on any atom is 0.306 e. The Morgan fingerprint density at radius 1 is 0.427 bits per heavy atom. The molecule has 0 rings (SSSR count). The molecule has 3 unspecified atom stereocenters. The van der Waals surface area contributed by atoms with E-state index in [0.717, 1.165) is 83.5 Å². The van der Waals surface area contributed by atoms with Gasteiger partial charge in [0, 0.05) is 12.8 Å². The number of carbonyl (C=O) groups is 2. The second-order valence-electron chi connectivity index (χ2n) is 25.0. The summed E-state index contributed by atoms with van der Waals surface area (Å²) >= 11 is 0. The number of likely N-dealkylation sites (N-methyl/N-ethyl adjacent to an activating group) is 1. The number of nitrogens with zero attached hydrogens (tertiary/aromatic N) is 1. The molecule has 10 heteroatoms. The van der Waals surface area contributed by atoms with E-state index in [4.69, 9.17) is 13.8 Å². The van der Waals surface area contributed by atoms with Crippen LogP contribution in [0, 0.1) is 0 Å². The van der Waals surface area contributed by atoms with Gasteiger partial charge < -0.3 is 28.5 Å². The lowest BCUT2D eigenvalue weighted by atomic mass is 10.0. The topological polar surface area (TPSA) is 114 Å². The van der Waals surface area contributed by atoms with Gasteiger partial charge in [-0.05, 0) is 96.0 Å². The number of carbonyl (C=O) groups excluding carboxylic acids is 2. The Balaban J connectivity index is 5.01. The zero-order valence-electron chi connectivity index (χ0n) is 54.9. The molecule has 0 aliphatic carbocycles. The summed E-state index contributed by atoms with van der Waals surface area (Å²) in [5.74, 6) is -0.538. The summed E-state index contributed by atoms with van der Waals surface area (Å²) in [6, 6.07) is -0.892. The highest BCUT2D eigenvalue weighted by molar-refractivity contribution is 7.45. The van der Waals surface area contributed by atoms with E-state index in [1.807, 2.05) is 33.3 Å². The van der Waals surface area contributed by atoms with Gasteiger partial charge in [0.15, 0.2) is 0 Å². The lowest BCUT2D eigenvalue weighted by Crippen LogP contribution is -2.47. The van der Waals surface area contributed by atoms with Crippen molar-refractivity contribution in [2.45, 2.75) is 348 Å². The number of amides is 1. The standard InChI is InChI=1S/C72H135N2O7P/c1-7-10-13-16-19-22-25-28-30-32-33-34-35-36-37-38-39-40-41-43-44-46-49-52-55-58-61-64-71(75)73-69(68-80-82(77,78)79-67-66-74(4,5)6)70(63-60-57-54-51-48-27-24-21-18-15-12-9-3)81-72(76)65-62-59-56-53-50-47-45-42-31-29-26-23-20-17-14-11-8-2/h19-20,22-23,28-31,60,63,69-70H,7-18,21,24-27,32-59,61-62,64-68H2,1-6H3,(H-,73,75,77,78)/b22-19-,23-20-,30-28-,31-29-,63-60-. The minimum absolute atomic E-state index is 0.0233. The maximum absolute atomic E-state index is 13.6. The minimum atomic E-state index is -4.70. The van der Waals surface area contributed by atoms with Gasteiger partial charge in [-0.1, -0.05) is 287 Å². The minimum Gasteiger partial charge on any atom is -0.756 e. The SMILES string of the molecule is CCCCC/C=C\C/C=C\CCCCCCCCCCCCCCCCCCCC(=O)NC(COP(=O)([O-])OCC[N+](C)(C)C)C(/C=C\CCCCCCCCCCCC)OC(=O)CCCCCCCCC/C=C\C/C=C\CCCCC. The van der Waals surface area contributed by atoms with Crippen molar-refractivity contribution in [1.82, 2.24) is 5.32 Å². The van der Waals surface area contributed by atoms with Gasteiger partial charge in [-0.2, -0.15) is 0 Å². The molecule has 0 bridgehead atoms. The van der Waals surface area contributed by atoms with Crippen LogP contribution in [0.25, 0.3) is 0 Å². The number of ether oxygens (including phenoxy) is 1. The van der Waals surface area contributed by atoms with Crippen LogP contribution in [0.4, 0.5) is 0 Å². The number of hydrogen-bond donors (Lipinski definition) is 1. The van der Waals surface area contributed by atoms with Gasteiger partial charge in [0.1, 0.15) is 19.3 Å². The molecule has 0 aliphatic heterocycles. The van der Waals surface area contributed by atoms with Gasteiger partial charge in [-0.15, -0.1) is 0 Å². The highest BCUT2D eigenvalue weighted by Gasteiger charge is 2.27. The van der Waals surface area contributed by atoms with E-state index in [1.165, 1.54) is 218 Å². The molecule has 0 heterocycles. The number of unbranched alkanes of at least 4 members (excludes halogenated alkanes) is 40. The molecule has 3 atom stereocenters. The zero-order valence-corrected chi connectivity index (χ0v) is 55.8. The highest BCUT2D eigenvalue weighted by Crippen LogP contribution is 2.38. The smallest absolute Gasteiger partial charge is 0.306 e. The molecule has 0 aromatic carbocycles. The largest absolute Gasteiger partial charge is 0.756 e. The summed E-state index contributed by atoms with van der Waals surface area (Å²) in [5.41, 5.74) is 0. The van der Waals surface area contributed by atoms with Crippen LogP contribution < -0.4 is 10.2 Å². The van der Waals surface area contributed by atoms with Crippen LogP contribution in [0.1, 0.15) is 335 Å². The van der Waals surface area contributed by atoms with Crippen LogP contribution in [0.5, 0.6) is 0 Å². The Morgan fingerprint density at radius 3 is 1.12 bits per heavy atom. The normalized spacial score (nSPS) is 13.9. The number of esters is 1. The molecular formula is C72H135N2O7P. The van der Waals surface area contributed by atoms with Crippen LogP contribution in [-0.4, -0.2) is 69.4 Å². The third kappa shape index (κ3) is 62.2. The van der Waals surface area contributed by atoms with Crippen molar-refractivity contribution in [1.29, 1.82) is 0 Å². The fourth-order valence-electron chi connectivity index (χ4n) is 10.2. The second kappa shape index (κ2) is 61.8. The molecule has 0 aromatic rings. The van der Waals surface area contributed by atoms with Gasteiger partial charge in [0.25, 0.3) is 7.82 Å². The predicted molar refractivity (Wildman–Crippen MR) is 353 cm³/mol. The van der Waals surface area contributed by atoms with E-state index in [1.54, 1.807) is 0 Å². The van der Waals surface area contributed by atoms with Crippen LogP contribution >= 0.6 is 7.82 Å². The quantitative estimate of drug-likeness (QED) is 0.0212. The van der Waals surface area contributed by atoms with E-state index < -0.39 is 20.0 Å². The summed E-state index contributed by atoms with van der Waals surface area (Å²) in [7, 11) is 1.19. The van der Waals surface area contributed by atoms with Crippen molar-refractivity contribution < 1.29 is 37.3 Å². The van der Waals surface area contributed by atoms with Crippen LogP contribution in [0.3, 0.4) is 0 Å². The Labute approximate surface area is 509 Å². The molecule has 0 spiro atoms.